The van der Waals surface area contributed by atoms with Crippen molar-refractivity contribution in [2.45, 2.75) is 31.8 Å². The molecule has 1 rings (SSSR count). The van der Waals surface area contributed by atoms with E-state index in [1.807, 2.05) is 0 Å². The smallest absolute Gasteiger partial charge is 0.306 e. The second kappa shape index (κ2) is 8.31. The van der Waals surface area contributed by atoms with Gasteiger partial charge in [0.1, 0.15) is 0 Å². The Morgan fingerprint density at radius 3 is 2.52 bits per heavy atom. The number of piperidine rings is 1. The van der Waals surface area contributed by atoms with E-state index < -0.39 is 11.6 Å². The highest BCUT2D eigenvalue weighted by atomic mass is 16.5. The second-order valence-electron chi connectivity index (χ2n) is 5.84. The van der Waals surface area contributed by atoms with Crippen molar-refractivity contribution in [3.63, 3.8) is 0 Å². The molecule has 0 spiro atoms. The molecule has 1 unspecified atom stereocenters. The van der Waals surface area contributed by atoms with Crippen molar-refractivity contribution in [1.29, 1.82) is 0 Å². The average molecular weight is 302 g/mol. The number of carboxylic acids is 1. The van der Waals surface area contributed by atoms with E-state index in [4.69, 9.17) is 9.84 Å². The zero-order valence-electron chi connectivity index (χ0n) is 12.8. The van der Waals surface area contributed by atoms with E-state index in [2.05, 4.69) is 5.32 Å². The third-order valence-corrected chi connectivity index (χ3v) is 3.82. The molecule has 7 nitrogen and oxygen atoms in total. The first-order valence-corrected chi connectivity index (χ1v) is 7.28. The van der Waals surface area contributed by atoms with Crippen LogP contribution >= 0.6 is 0 Å². The molecule has 21 heavy (non-hydrogen) atoms. The lowest BCUT2D eigenvalue weighted by molar-refractivity contribution is -0.145. The zero-order valence-corrected chi connectivity index (χ0v) is 12.8. The van der Waals surface area contributed by atoms with Crippen LogP contribution in [0.3, 0.4) is 0 Å². The highest BCUT2D eigenvalue weighted by Crippen LogP contribution is 2.17. The summed E-state index contributed by atoms with van der Waals surface area (Å²) in [5.41, 5.74) is -0.910. The van der Waals surface area contributed by atoms with Crippen LogP contribution in [0.15, 0.2) is 0 Å². The topological polar surface area (TPSA) is 99.1 Å². The van der Waals surface area contributed by atoms with Crippen molar-refractivity contribution in [3.05, 3.63) is 0 Å². The number of nitrogens with zero attached hydrogens (tertiary/aromatic N) is 1. The summed E-state index contributed by atoms with van der Waals surface area (Å²) in [5, 5.41) is 21.9. The Morgan fingerprint density at radius 2 is 2.00 bits per heavy atom. The number of ether oxygens (including phenoxy) is 1. The summed E-state index contributed by atoms with van der Waals surface area (Å²) in [6.07, 6.45) is 1.51. The zero-order chi connectivity index (χ0) is 15.9. The van der Waals surface area contributed by atoms with Gasteiger partial charge < -0.3 is 25.2 Å². The van der Waals surface area contributed by atoms with Gasteiger partial charge >= 0.3 is 5.97 Å². The summed E-state index contributed by atoms with van der Waals surface area (Å²) >= 11 is 0. The molecular weight excluding hydrogens is 276 g/mol. The van der Waals surface area contributed by atoms with Crippen molar-refractivity contribution in [1.82, 2.24) is 10.2 Å². The van der Waals surface area contributed by atoms with Crippen LogP contribution in [0.4, 0.5) is 0 Å². The number of hydrogen-bond donors (Lipinski definition) is 3. The van der Waals surface area contributed by atoms with Crippen molar-refractivity contribution >= 4 is 11.9 Å². The highest BCUT2D eigenvalue weighted by molar-refractivity contribution is 5.78. The lowest BCUT2D eigenvalue weighted by Gasteiger charge is -2.30. The summed E-state index contributed by atoms with van der Waals surface area (Å²) in [7, 11) is 1.58. The number of hydrogen-bond acceptors (Lipinski definition) is 5. The Morgan fingerprint density at radius 1 is 1.38 bits per heavy atom. The van der Waals surface area contributed by atoms with Crippen LogP contribution in [0.25, 0.3) is 0 Å². The normalized spacial score (nSPS) is 19.3. The number of rotatable bonds is 8. The quantitative estimate of drug-likeness (QED) is 0.569. The third kappa shape index (κ3) is 6.41. The predicted molar refractivity (Wildman–Crippen MR) is 76.9 cm³/mol. The van der Waals surface area contributed by atoms with Crippen LogP contribution < -0.4 is 5.32 Å². The molecule has 1 aliphatic heterocycles. The maximum absolute atomic E-state index is 12.0. The van der Waals surface area contributed by atoms with E-state index in [0.29, 0.717) is 45.5 Å². The van der Waals surface area contributed by atoms with Crippen LogP contribution in [-0.4, -0.2) is 72.5 Å². The van der Waals surface area contributed by atoms with Crippen molar-refractivity contribution in [3.8, 4) is 0 Å². The molecule has 1 saturated heterocycles. The largest absolute Gasteiger partial charge is 0.481 e. The first-order valence-electron chi connectivity index (χ1n) is 7.28. The SMILES string of the molecule is COCCC(C)(O)CNCC(=O)N1CCC(C(=O)O)CC1. The van der Waals surface area contributed by atoms with Gasteiger partial charge in [-0.3, -0.25) is 9.59 Å². The number of aliphatic carboxylic acids is 1. The second-order valence-corrected chi connectivity index (χ2v) is 5.84. The molecule has 0 aromatic heterocycles. The summed E-state index contributed by atoms with van der Waals surface area (Å²) in [6.45, 7) is 3.59. The third-order valence-electron chi connectivity index (χ3n) is 3.82. The minimum atomic E-state index is -0.910. The van der Waals surface area contributed by atoms with Crippen LogP contribution in [-0.2, 0) is 14.3 Å². The molecule has 0 bridgehead atoms. The number of carboxylic acid groups (broad SMARTS) is 1. The standard InChI is InChI=1S/C14H26N2O5/c1-14(20,5-8-21-2)10-15-9-12(17)16-6-3-11(4-7-16)13(18)19/h11,15,20H,3-10H2,1-2H3,(H,18,19). The highest BCUT2D eigenvalue weighted by Gasteiger charge is 2.27. The van der Waals surface area contributed by atoms with Crippen LogP contribution in [0.1, 0.15) is 26.2 Å². The van der Waals surface area contributed by atoms with Gasteiger partial charge in [-0.1, -0.05) is 0 Å². The number of nitrogens with one attached hydrogen (secondary N) is 1. The van der Waals surface area contributed by atoms with E-state index in [-0.39, 0.29) is 18.4 Å². The summed E-state index contributed by atoms with van der Waals surface area (Å²) in [6, 6.07) is 0. The molecule has 0 aromatic carbocycles. The molecule has 1 atom stereocenters. The molecule has 0 aromatic rings. The minimum Gasteiger partial charge on any atom is -0.481 e. The van der Waals surface area contributed by atoms with Crippen molar-refractivity contribution in [2.24, 2.45) is 5.92 Å². The molecular formula is C14H26N2O5. The number of carbonyl (C=O) groups is 2. The van der Waals surface area contributed by atoms with Gasteiger partial charge in [0.25, 0.3) is 0 Å². The lowest BCUT2D eigenvalue weighted by atomic mass is 9.97. The number of carbonyl (C=O) groups excluding carboxylic acids is 1. The van der Waals surface area contributed by atoms with E-state index in [0.717, 1.165) is 0 Å². The molecule has 3 N–H and O–H groups in total. The fraction of sp³-hybridized carbons (Fsp3) is 0.857. The maximum Gasteiger partial charge on any atom is 0.306 e. The Hall–Kier alpha value is -1.18. The molecule has 7 heteroatoms. The molecule has 0 radical (unpaired) electrons. The van der Waals surface area contributed by atoms with Crippen molar-refractivity contribution < 1.29 is 24.5 Å². The summed E-state index contributed by atoms with van der Waals surface area (Å²) in [5.74, 6) is -1.17. The maximum atomic E-state index is 12.0. The monoisotopic (exact) mass is 302 g/mol. The molecule has 1 heterocycles. The summed E-state index contributed by atoms with van der Waals surface area (Å²) in [4.78, 5) is 24.5. The number of aliphatic hydroxyl groups is 1. The Labute approximate surface area is 125 Å². The fourth-order valence-electron chi connectivity index (χ4n) is 2.34. The molecule has 0 aliphatic carbocycles. The van der Waals surface area contributed by atoms with Crippen LogP contribution in [0, 0.1) is 5.92 Å². The van der Waals surface area contributed by atoms with E-state index in [9.17, 15) is 14.7 Å². The first kappa shape index (κ1) is 17.9. The predicted octanol–water partition coefficient (Wildman–Crippen LogP) is -0.313. The molecule has 0 saturated carbocycles. The summed E-state index contributed by atoms with van der Waals surface area (Å²) < 4.78 is 4.92. The Bertz CT molecular complexity index is 351. The van der Waals surface area contributed by atoms with Gasteiger partial charge in [0.15, 0.2) is 0 Å². The van der Waals surface area contributed by atoms with Gasteiger partial charge in [0, 0.05) is 39.8 Å². The number of methoxy groups -OCH3 is 1. The van der Waals surface area contributed by atoms with Gasteiger partial charge in [-0.05, 0) is 19.8 Å². The first-order chi connectivity index (χ1) is 9.85. The molecule has 122 valence electrons. The van der Waals surface area contributed by atoms with Gasteiger partial charge in [-0.2, -0.15) is 0 Å². The van der Waals surface area contributed by atoms with Gasteiger partial charge in [-0.15, -0.1) is 0 Å². The van der Waals surface area contributed by atoms with E-state index in [1.54, 1.807) is 18.9 Å². The van der Waals surface area contributed by atoms with Gasteiger partial charge in [0.2, 0.25) is 5.91 Å². The van der Waals surface area contributed by atoms with Crippen molar-refractivity contribution in [2.75, 3.05) is 39.9 Å². The minimum absolute atomic E-state index is 0.0543. The Kier molecular flexibility index (Phi) is 7.07. The molecule has 1 aliphatic rings. The number of likely N-dealkylation sites (tertiary alicyclic amines) is 1. The number of amides is 1. The van der Waals surface area contributed by atoms with Crippen LogP contribution in [0.5, 0.6) is 0 Å². The Balaban J connectivity index is 2.24. The average Bonchev–Trinajstić information content (AvgIpc) is 2.45. The lowest BCUT2D eigenvalue weighted by Crippen LogP contribution is -2.47. The fourth-order valence-corrected chi connectivity index (χ4v) is 2.34. The molecule has 1 amide bonds. The van der Waals surface area contributed by atoms with Gasteiger partial charge in [-0.25, -0.2) is 0 Å². The van der Waals surface area contributed by atoms with Crippen LogP contribution in [0.2, 0.25) is 0 Å². The van der Waals surface area contributed by atoms with Gasteiger partial charge in [0.05, 0.1) is 18.1 Å². The van der Waals surface area contributed by atoms with E-state index in [1.165, 1.54) is 0 Å². The molecule has 1 fully saturated rings. The van der Waals surface area contributed by atoms with E-state index >= 15 is 0 Å².